The number of Topliss-reactive ketones (excluding diaryl/α,β-unsaturated/α-hetero) is 1. The number of aromatic hydroxyl groups is 1. The Morgan fingerprint density at radius 3 is 2.29 bits per heavy atom. The fourth-order valence-electron chi connectivity index (χ4n) is 5.72. The molecule has 6 nitrogen and oxygen atoms in total. The van der Waals surface area contributed by atoms with Crippen LogP contribution >= 0.6 is 0 Å². The number of anilines is 2. The minimum Gasteiger partial charge on any atom is -0.507 e. The summed E-state index contributed by atoms with van der Waals surface area (Å²) < 4.78 is 0. The van der Waals surface area contributed by atoms with Gasteiger partial charge in [0.25, 0.3) is 11.7 Å². The first-order valence-corrected chi connectivity index (χ1v) is 13.4. The van der Waals surface area contributed by atoms with Crippen molar-refractivity contribution in [3.8, 4) is 5.75 Å². The van der Waals surface area contributed by atoms with E-state index >= 15 is 0 Å². The van der Waals surface area contributed by atoms with Crippen LogP contribution in [0.4, 0.5) is 11.4 Å². The van der Waals surface area contributed by atoms with Crippen molar-refractivity contribution >= 4 is 28.8 Å². The summed E-state index contributed by atoms with van der Waals surface area (Å²) in [5.74, 6) is -1.83. The van der Waals surface area contributed by atoms with E-state index in [1.807, 2.05) is 49.4 Å². The number of carbonyl (C=O) groups is 2. The van der Waals surface area contributed by atoms with Crippen molar-refractivity contribution in [3.63, 3.8) is 0 Å². The Labute approximate surface area is 223 Å². The third-order valence-corrected chi connectivity index (χ3v) is 7.79. The summed E-state index contributed by atoms with van der Waals surface area (Å²) >= 11 is 0. The van der Waals surface area contributed by atoms with Crippen LogP contribution in [0.3, 0.4) is 0 Å². The van der Waals surface area contributed by atoms with Gasteiger partial charge in [-0.05, 0) is 99.0 Å². The van der Waals surface area contributed by atoms with Crippen molar-refractivity contribution in [2.24, 2.45) is 0 Å². The lowest BCUT2D eigenvalue weighted by atomic mass is 9.88. The predicted molar refractivity (Wildman–Crippen MR) is 151 cm³/mol. The van der Waals surface area contributed by atoms with Crippen LogP contribution in [0.2, 0.25) is 0 Å². The molecule has 0 saturated carbocycles. The van der Waals surface area contributed by atoms with Gasteiger partial charge in [-0.2, -0.15) is 0 Å². The molecule has 3 aromatic carbocycles. The highest BCUT2D eigenvalue weighted by Gasteiger charge is 2.47. The summed E-state index contributed by atoms with van der Waals surface area (Å²) in [6.45, 7) is 7.74. The maximum absolute atomic E-state index is 13.5. The zero-order valence-corrected chi connectivity index (χ0v) is 22.2. The quantitative estimate of drug-likeness (QED) is 0.240. The average molecular weight is 511 g/mol. The summed E-state index contributed by atoms with van der Waals surface area (Å²) in [7, 11) is 0. The van der Waals surface area contributed by atoms with Gasteiger partial charge in [-0.25, -0.2) is 0 Å². The minimum absolute atomic E-state index is 0.0299. The second-order valence-electron chi connectivity index (χ2n) is 10.1. The minimum atomic E-state index is -0.885. The van der Waals surface area contributed by atoms with Crippen LogP contribution in [0.25, 0.3) is 5.76 Å². The maximum atomic E-state index is 13.5. The number of ketones is 1. The normalized spacial score (nSPS) is 18.5. The zero-order chi connectivity index (χ0) is 27.0. The monoisotopic (exact) mass is 510 g/mol. The molecule has 2 N–H and O–H groups in total. The van der Waals surface area contributed by atoms with E-state index in [-0.39, 0.29) is 22.8 Å². The Hall–Kier alpha value is -4.06. The van der Waals surface area contributed by atoms with Crippen LogP contribution in [0.15, 0.2) is 66.2 Å². The number of benzene rings is 3. The molecular formula is C32H34N2O4. The van der Waals surface area contributed by atoms with E-state index in [2.05, 4.69) is 18.7 Å². The van der Waals surface area contributed by atoms with Crippen molar-refractivity contribution in [2.75, 3.05) is 22.9 Å². The number of carbonyl (C=O) groups excluding carboxylic acids is 2. The van der Waals surface area contributed by atoms with Crippen LogP contribution in [0.5, 0.6) is 5.75 Å². The Bertz CT molecular complexity index is 1420. The molecule has 0 aromatic heterocycles. The SMILES string of the molecule is CCN(CC)c1ccc(C2/C(=C(/O)c3ccc4c(c3)CCCC4)C(=O)C(=O)N2c2cc(C)ccc2O)cc1. The second-order valence-corrected chi connectivity index (χ2v) is 10.1. The van der Waals surface area contributed by atoms with Crippen LogP contribution in [0, 0.1) is 6.92 Å². The molecule has 3 aromatic rings. The van der Waals surface area contributed by atoms with E-state index in [0.717, 1.165) is 50.0 Å². The molecule has 2 aliphatic rings. The fourth-order valence-corrected chi connectivity index (χ4v) is 5.72. The topological polar surface area (TPSA) is 81.1 Å². The maximum Gasteiger partial charge on any atom is 0.300 e. The van der Waals surface area contributed by atoms with Crippen LogP contribution in [0.1, 0.15) is 60.5 Å². The lowest BCUT2D eigenvalue weighted by Crippen LogP contribution is -2.29. The Balaban J connectivity index is 1.68. The Morgan fingerprint density at radius 2 is 1.61 bits per heavy atom. The molecule has 1 amide bonds. The predicted octanol–water partition coefficient (Wildman–Crippen LogP) is 6.05. The molecule has 0 radical (unpaired) electrons. The smallest absolute Gasteiger partial charge is 0.300 e. The molecule has 1 aliphatic carbocycles. The van der Waals surface area contributed by atoms with Gasteiger partial charge in [-0.1, -0.05) is 30.3 Å². The van der Waals surface area contributed by atoms with E-state index in [9.17, 15) is 19.8 Å². The number of phenolic OH excluding ortho intramolecular Hbond substituents is 1. The van der Waals surface area contributed by atoms with Gasteiger partial charge < -0.3 is 15.1 Å². The molecule has 1 unspecified atom stereocenters. The largest absolute Gasteiger partial charge is 0.507 e. The number of fused-ring (bicyclic) bond motifs is 1. The standard InChI is InChI=1S/C32H34N2O4/c1-4-33(5-2)25-15-13-22(14-16-25)29-28(30(36)24-12-11-21-8-6-7-9-23(21)19-24)31(37)32(38)34(29)26-18-20(3)10-17-27(26)35/h10-19,29,35-36H,4-9H2,1-3H3/b30-28-. The molecule has 1 heterocycles. The number of amides is 1. The molecule has 1 atom stereocenters. The molecule has 1 saturated heterocycles. The number of hydrogen-bond donors (Lipinski definition) is 2. The zero-order valence-electron chi connectivity index (χ0n) is 22.2. The number of aryl methyl sites for hydroxylation is 3. The number of hydrogen-bond acceptors (Lipinski definition) is 5. The van der Waals surface area contributed by atoms with Crippen molar-refractivity contribution < 1.29 is 19.8 Å². The summed E-state index contributed by atoms with van der Waals surface area (Å²) in [6, 6.07) is 17.6. The van der Waals surface area contributed by atoms with Gasteiger partial charge in [-0.15, -0.1) is 0 Å². The lowest BCUT2D eigenvalue weighted by molar-refractivity contribution is -0.132. The molecule has 1 aliphatic heterocycles. The van der Waals surface area contributed by atoms with Gasteiger partial charge in [0.05, 0.1) is 17.3 Å². The third kappa shape index (κ3) is 4.44. The second kappa shape index (κ2) is 10.4. The summed E-state index contributed by atoms with van der Waals surface area (Å²) in [6.07, 6.45) is 4.17. The number of aliphatic hydroxyl groups is 1. The van der Waals surface area contributed by atoms with Gasteiger partial charge >= 0.3 is 0 Å². The average Bonchev–Trinajstić information content (AvgIpc) is 3.20. The van der Waals surface area contributed by atoms with Crippen molar-refractivity contribution in [1.29, 1.82) is 0 Å². The molecule has 5 rings (SSSR count). The highest BCUT2D eigenvalue weighted by Crippen LogP contribution is 2.45. The highest BCUT2D eigenvalue weighted by molar-refractivity contribution is 6.52. The molecule has 0 spiro atoms. The first kappa shape index (κ1) is 25.6. The van der Waals surface area contributed by atoms with Crippen LogP contribution < -0.4 is 9.80 Å². The van der Waals surface area contributed by atoms with E-state index in [1.54, 1.807) is 12.1 Å². The molecule has 6 heteroatoms. The first-order chi connectivity index (χ1) is 18.3. The van der Waals surface area contributed by atoms with E-state index in [1.165, 1.54) is 22.1 Å². The van der Waals surface area contributed by atoms with Crippen LogP contribution in [-0.4, -0.2) is 35.0 Å². The number of aliphatic hydroxyl groups excluding tert-OH is 1. The number of nitrogens with zero attached hydrogens (tertiary/aromatic N) is 2. The van der Waals surface area contributed by atoms with Gasteiger partial charge in [-0.3, -0.25) is 14.5 Å². The lowest BCUT2D eigenvalue weighted by Gasteiger charge is -2.27. The fraction of sp³-hybridized carbons (Fsp3) is 0.312. The number of phenols is 1. The first-order valence-electron chi connectivity index (χ1n) is 13.4. The van der Waals surface area contributed by atoms with Crippen LogP contribution in [-0.2, 0) is 22.4 Å². The highest BCUT2D eigenvalue weighted by atomic mass is 16.3. The van der Waals surface area contributed by atoms with Gasteiger partial charge in [0.15, 0.2) is 0 Å². The summed E-state index contributed by atoms with van der Waals surface area (Å²) in [5.41, 5.74) is 5.79. The van der Waals surface area contributed by atoms with Crippen molar-refractivity contribution in [1.82, 2.24) is 0 Å². The summed E-state index contributed by atoms with van der Waals surface area (Å²) in [4.78, 5) is 30.6. The Morgan fingerprint density at radius 1 is 0.921 bits per heavy atom. The molecule has 196 valence electrons. The van der Waals surface area contributed by atoms with Gasteiger partial charge in [0.2, 0.25) is 0 Å². The van der Waals surface area contributed by atoms with E-state index in [0.29, 0.717) is 11.1 Å². The third-order valence-electron chi connectivity index (χ3n) is 7.79. The Kier molecular flexibility index (Phi) is 6.98. The number of rotatable bonds is 6. The summed E-state index contributed by atoms with van der Waals surface area (Å²) in [5, 5.41) is 22.3. The van der Waals surface area contributed by atoms with Gasteiger partial charge in [0, 0.05) is 24.3 Å². The molecule has 0 bridgehead atoms. The molecular weight excluding hydrogens is 476 g/mol. The van der Waals surface area contributed by atoms with Gasteiger partial charge in [0.1, 0.15) is 11.5 Å². The molecule has 38 heavy (non-hydrogen) atoms. The van der Waals surface area contributed by atoms with Crippen molar-refractivity contribution in [3.05, 3.63) is 94.1 Å². The van der Waals surface area contributed by atoms with E-state index in [4.69, 9.17) is 0 Å². The van der Waals surface area contributed by atoms with E-state index < -0.39 is 17.7 Å². The van der Waals surface area contributed by atoms with Crippen molar-refractivity contribution in [2.45, 2.75) is 52.5 Å². The molecule has 1 fully saturated rings.